The lowest BCUT2D eigenvalue weighted by atomic mass is 10.1. The number of hydrogen-bond acceptors (Lipinski definition) is 5. The smallest absolute Gasteiger partial charge is 0.248 e. The van der Waals surface area contributed by atoms with Crippen molar-refractivity contribution in [3.05, 3.63) is 39.6 Å². The minimum Gasteiger partial charge on any atom is -0.344 e. The molecule has 0 radical (unpaired) electrons. The normalized spacial score (nSPS) is 12.0. The summed E-state index contributed by atoms with van der Waals surface area (Å²) in [6, 6.07) is 1.23. The van der Waals surface area contributed by atoms with Gasteiger partial charge in [-0.25, -0.2) is 4.98 Å². The molecular formula is C17H21BrN4O2S. The van der Waals surface area contributed by atoms with Crippen LogP contribution in [0, 0.1) is 0 Å². The molecule has 0 aliphatic rings. The zero-order chi connectivity index (χ0) is 18.4. The molecule has 0 aliphatic heterocycles. The van der Waals surface area contributed by atoms with E-state index in [0.717, 1.165) is 14.9 Å². The van der Waals surface area contributed by atoms with Crippen molar-refractivity contribution < 1.29 is 9.59 Å². The van der Waals surface area contributed by atoms with Crippen LogP contribution in [-0.4, -0.2) is 27.8 Å². The van der Waals surface area contributed by atoms with E-state index in [4.69, 9.17) is 0 Å². The Bertz CT molecular complexity index is 748. The molecule has 0 unspecified atom stereocenters. The number of pyridine rings is 1. The van der Waals surface area contributed by atoms with Crippen LogP contribution >= 0.6 is 27.3 Å². The maximum atomic E-state index is 12.4. The predicted octanol–water partition coefficient (Wildman–Crippen LogP) is 3.50. The van der Waals surface area contributed by atoms with Gasteiger partial charge < -0.3 is 10.6 Å². The van der Waals surface area contributed by atoms with E-state index < -0.39 is 6.04 Å². The molecule has 2 aromatic rings. The molecule has 0 saturated carbocycles. The Morgan fingerprint density at radius 1 is 1.28 bits per heavy atom. The van der Waals surface area contributed by atoms with Gasteiger partial charge in [0.2, 0.25) is 11.8 Å². The van der Waals surface area contributed by atoms with Crippen LogP contribution in [-0.2, 0) is 16.0 Å². The maximum absolute atomic E-state index is 12.4. The first-order valence-electron chi connectivity index (χ1n) is 8.04. The highest BCUT2D eigenvalue weighted by atomic mass is 79.9. The van der Waals surface area contributed by atoms with E-state index in [-0.39, 0.29) is 18.2 Å². The standard InChI is InChI=1S/C17H21BrN4O2S/c1-4-13(16(24)22-17-20-9-14(25-17)10(2)3)21-15(23)6-11-5-12(18)8-19-7-11/h5,7-10,13H,4,6H2,1-3H3,(H,21,23)(H,20,22,24)/t13-/m0/s1. The first kappa shape index (κ1) is 19.5. The highest BCUT2D eigenvalue weighted by Gasteiger charge is 2.20. The molecule has 25 heavy (non-hydrogen) atoms. The summed E-state index contributed by atoms with van der Waals surface area (Å²) < 4.78 is 0.812. The molecule has 2 amide bonds. The van der Waals surface area contributed by atoms with Crippen LogP contribution in [0.25, 0.3) is 0 Å². The lowest BCUT2D eigenvalue weighted by Crippen LogP contribution is -2.44. The number of nitrogens with one attached hydrogen (secondary N) is 2. The fourth-order valence-electron chi connectivity index (χ4n) is 2.14. The molecule has 2 N–H and O–H groups in total. The molecule has 8 heteroatoms. The molecule has 2 rings (SSSR count). The molecule has 1 atom stereocenters. The van der Waals surface area contributed by atoms with Gasteiger partial charge in [-0.2, -0.15) is 0 Å². The monoisotopic (exact) mass is 424 g/mol. The van der Waals surface area contributed by atoms with Gasteiger partial charge in [-0.15, -0.1) is 11.3 Å². The number of amides is 2. The minimum absolute atomic E-state index is 0.172. The van der Waals surface area contributed by atoms with E-state index in [2.05, 4.69) is 50.4 Å². The Balaban J connectivity index is 1.93. The van der Waals surface area contributed by atoms with E-state index in [9.17, 15) is 9.59 Å². The molecule has 2 heterocycles. The van der Waals surface area contributed by atoms with Crippen LogP contribution < -0.4 is 10.6 Å². The Kier molecular flexibility index (Phi) is 7.07. The Morgan fingerprint density at radius 3 is 2.64 bits per heavy atom. The third-order valence-electron chi connectivity index (χ3n) is 3.51. The van der Waals surface area contributed by atoms with Crippen LogP contribution in [0.3, 0.4) is 0 Å². The van der Waals surface area contributed by atoms with Gasteiger partial charge in [-0.05, 0) is 39.9 Å². The Labute approximate surface area is 159 Å². The molecule has 0 saturated heterocycles. The molecule has 134 valence electrons. The predicted molar refractivity (Wildman–Crippen MR) is 103 cm³/mol. The second-order valence-corrected chi connectivity index (χ2v) is 7.91. The zero-order valence-corrected chi connectivity index (χ0v) is 16.8. The van der Waals surface area contributed by atoms with Gasteiger partial charge >= 0.3 is 0 Å². The summed E-state index contributed by atoms with van der Waals surface area (Å²) in [4.78, 5) is 33.9. The van der Waals surface area contributed by atoms with Gasteiger partial charge in [0.15, 0.2) is 5.13 Å². The van der Waals surface area contributed by atoms with Gasteiger partial charge in [-0.3, -0.25) is 14.6 Å². The average Bonchev–Trinajstić information content (AvgIpc) is 3.01. The lowest BCUT2D eigenvalue weighted by molar-refractivity contribution is -0.126. The Morgan fingerprint density at radius 2 is 2.04 bits per heavy atom. The quantitative estimate of drug-likeness (QED) is 0.711. The highest BCUT2D eigenvalue weighted by molar-refractivity contribution is 9.10. The molecule has 0 aromatic carbocycles. The molecule has 0 aliphatic carbocycles. The minimum atomic E-state index is -0.598. The van der Waals surface area contributed by atoms with Gasteiger partial charge in [0.05, 0.1) is 6.42 Å². The summed E-state index contributed by atoms with van der Waals surface area (Å²) in [6.45, 7) is 6.00. The summed E-state index contributed by atoms with van der Waals surface area (Å²) in [6.07, 6.45) is 5.73. The largest absolute Gasteiger partial charge is 0.344 e. The van der Waals surface area contributed by atoms with Crippen LogP contribution in [0.4, 0.5) is 5.13 Å². The van der Waals surface area contributed by atoms with Gasteiger partial charge in [0, 0.05) is 27.9 Å². The second kappa shape index (κ2) is 9.05. The summed E-state index contributed by atoms with van der Waals surface area (Å²) in [5, 5.41) is 6.10. The van der Waals surface area contributed by atoms with Crippen LogP contribution in [0.2, 0.25) is 0 Å². The summed E-state index contributed by atoms with van der Waals surface area (Å²) in [7, 11) is 0. The molecule has 0 fully saturated rings. The lowest BCUT2D eigenvalue weighted by Gasteiger charge is -2.16. The van der Waals surface area contributed by atoms with Gasteiger partial charge in [0.25, 0.3) is 0 Å². The first-order valence-corrected chi connectivity index (χ1v) is 9.65. The van der Waals surface area contributed by atoms with Crippen molar-refractivity contribution in [1.29, 1.82) is 0 Å². The fraction of sp³-hybridized carbons (Fsp3) is 0.412. The van der Waals surface area contributed by atoms with Crippen molar-refractivity contribution in [3.8, 4) is 0 Å². The van der Waals surface area contributed by atoms with Crippen molar-refractivity contribution in [2.75, 3.05) is 5.32 Å². The number of hydrogen-bond donors (Lipinski definition) is 2. The van der Waals surface area contributed by atoms with E-state index >= 15 is 0 Å². The van der Waals surface area contributed by atoms with Crippen molar-refractivity contribution in [2.24, 2.45) is 0 Å². The summed E-state index contributed by atoms with van der Waals surface area (Å²) in [5.74, 6) is -0.111. The molecular weight excluding hydrogens is 404 g/mol. The first-order chi connectivity index (χ1) is 11.9. The maximum Gasteiger partial charge on any atom is 0.248 e. The number of halogens is 1. The van der Waals surface area contributed by atoms with Crippen LogP contribution in [0.1, 0.15) is 43.6 Å². The highest BCUT2D eigenvalue weighted by Crippen LogP contribution is 2.25. The van der Waals surface area contributed by atoms with Crippen LogP contribution in [0.5, 0.6) is 0 Å². The molecule has 2 aromatic heterocycles. The summed E-state index contributed by atoms with van der Waals surface area (Å²) in [5.41, 5.74) is 0.781. The number of carbonyl (C=O) groups excluding carboxylic acids is 2. The van der Waals surface area contributed by atoms with Crippen molar-refractivity contribution >= 4 is 44.2 Å². The van der Waals surface area contributed by atoms with E-state index in [0.29, 0.717) is 17.5 Å². The molecule has 0 bridgehead atoms. The molecule has 0 spiro atoms. The number of thiazole rings is 1. The van der Waals surface area contributed by atoms with Gasteiger partial charge in [0.1, 0.15) is 6.04 Å². The number of carbonyl (C=O) groups is 2. The van der Waals surface area contributed by atoms with Crippen molar-refractivity contribution in [2.45, 2.75) is 45.6 Å². The topological polar surface area (TPSA) is 84.0 Å². The molecule has 6 nitrogen and oxygen atoms in total. The zero-order valence-electron chi connectivity index (χ0n) is 14.4. The third kappa shape index (κ3) is 5.89. The van der Waals surface area contributed by atoms with Crippen LogP contribution in [0.15, 0.2) is 29.1 Å². The number of nitrogens with zero attached hydrogens (tertiary/aromatic N) is 2. The third-order valence-corrected chi connectivity index (χ3v) is 5.16. The second-order valence-electron chi connectivity index (χ2n) is 5.93. The van der Waals surface area contributed by atoms with E-state index in [1.54, 1.807) is 18.6 Å². The van der Waals surface area contributed by atoms with Crippen molar-refractivity contribution in [3.63, 3.8) is 0 Å². The Hall–Kier alpha value is -1.80. The SMILES string of the molecule is CC[C@H](NC(=O)Cc1cncc(Br)c1)C(=O)Nc1ncc(C(C)C)s1. The van der Waals surface area contributed by atoms with E-state index in [1.165, 1.54) is 11.3 Å². The fourth-order valence-corrected chi connectivity index (χ4v) is 3.37. The average molecular weight is 425 g/mol. The van der Waals surface area contributed by atoms with Crippen molar-refractivity contribution in [1.82, 2.24) is 15.3 Å². The van der Waals surface area contributed by atoms with E-state index in [1.807, 2.05) is 13.0 Å². The number of anilines is 1. The number of aromatic nitrogens is 2. The van der Waals surface area contributed by atoms with Gasteiger partial charge in [-0.1, -0.05) is 20.8 Å². The summed E-state index contributed by atoms with van der Waals surface area (Å²) >= 11 is 4.78. The number of rotatable bonds is 7.